The summed E-state index contributed by atoms with van der Waals surface area (Å²) in [4.78, 5) is 17.3. The maximum absolute atomic E-state index is 12.9. The van der Waals surface area contributed by atoms with Gasteiger partial charge < -0.3 is 15.8 Å². The zero-order chi connectivity index (χ0) is 14.2. The van der Waals surface area contributed by atoms with Crippen LogP contribution in [0, 0.1) is 5.41 Å². The van der Waals surface area contributed by atoms with E-state index in [4.69, 9.17) is 10.9 Å². The van der Waals surface area contributed by atoms with Crippen LogP contribution in [-0.2, 0) is 4.79 Å². The Balaban J connectivity index is 1.76. The summed E-state index contributed by atoms with van der Waals surface area (Å²) in [6, 6.07) is 0.505. The smallest absolute Gasteiger partial charge is 0.236 e. The average Bonchev–Trinajstić information content (AvgIpc) is 2.74. The van der Waals surface area contributed by atoms with Crippen LogP contribution in [0.5, 0.6) is 0 Å². The van der Waals surface area contributed by atoms with Gasteiger partial charge in [0.25, 0.3) is 0 Å². The number of nitrogens with zero attached hydrogens (tertiary/aromatic N) is 3. The van der Waals surface area contributed by atoms with Gasteiger partial charge in [0.15, 0.2) is 5.84 Å². The highest BCUT2D eigenvalue weighted by Crippen LogP contribution is 2.43. The van der Waals surface area contributed by atoms with Crippen molar-refractivity contribution in [2.24, 2.45) is 16.3 Å². The fraction of sp³-hybridized carbons (Fsp3) is 0.857. The van der Waals surface area contributed by atoms with E-state index in [1.165, 1.54) is 12.8 Å². The lowest BCUT2D eigenvalue weighted by molar-refractivity contribution is -0.142. The van der Waals surface area contributed by atoms with E-state index < -0.39 is 5.41 Å². The molecule has 2 saturated heterocycles. The van der Waals surface area contributed by atoms with Crippen LogP contribution in [0.15, 0.2) is 5.16 Å². The summed E-state index contributed by atoms with van der Waals surface area (Å²) < 4.78 is 0. The molecule has 1 atom stereocenters. The third-order valence-corrected chi connectivity index (χ3v) is 5.31. The monoisotopic (exact) mass is 280 g/mol. The second kappa shape index (κ2) is 5.24. The summed E-state index contributed by atoms with van der Waals surface area (Å²) in [6.07, 6.45) is 5.84. The number of oxime groups is 1. The fourth-order valence-electron chi connectivity index (χ4n) is 3.90. The Labute approximate surface area is 119 Å². The lowest BCUT2D eigenvalue weighted by Crippen LogP contribution is -2.56. The number of fused-ring (bicyclic) bond motifs is 1. The lowest BCUT2D eigenvalue weighted by Gasteiger charge is -2.42. The van der Waals surface area contributed by atoms with Crippen LogP contribution in [0.2, 0.25) is 0 Å². The van der Waals surface area contributed by atoms with Crippen LogP contribution in [0.25, 0.3) is 0 Å². The van der Waals surface area contributed by atoms with E-state index in [9.17, 15) is 4.79 Å². The molecule has 1 aliphatic carbocycles. The quantitative estimate of drug-likeness (QED) is 0.336. The fourth-order valence-corrected chi connectivity index (χ4v) is 3.90. The van der Waals surface area contributed by atoms with E-state index >= 15 is 0 Å². The van der Waals surface area contributed by atoms with Gasteiger partial charge >= 0.3 is 0 Å². The summed E-state index contributed by atoms with van der Waals surface area (Å²) in [5.74, 6) is 0.175. The predicted molar refractivity (Wildman–Crippen MR) is 75.5 cm³/mol. The molecule has 1 saturated carbocycles. The van der Waals surface area contributed by atoms with Crippen LogP contribution < -0.4 is 5.73 Å². The van der Waals surface area contributed by atoms with Crippen LogP contribution in [0.4, 0.5) is 0 Å². The van der Waals surface area contributed by atoms with Gasteiger partial charge in [-0.05, 0) is 38.6 Å². The van der Waals surface area contributed by atoms with Gasteiger partial charge in [0.1, 0.15) is 5.41 Å². The van der Waals surface area contributed by atoms with Crippen molar-refractivity contribution in [3.8, 4) is 0 Å². The highest BCUT2D eigenvalue weighted by molar-refractivity contribution is 6.07. The first-order valence-corrected chi connectivity index (χ1v) is 7.69. The number of hydrogen-bond acceptors (Lipinski definition) is 4. The van der Waals surface area contributed by atoms with E-state index in [1.807, 2.05) is 4.90 Å². The maximum atomic E-state index is 12.9. The third kappa shape index (κ3) is 2.06. The number of hydrogen-bond donors (Lipinski definition) is 2. The summed E-state index contributed by atoms with van der Waals surface area (Å²) >= 11 is 0. The molecule has 6 heteroatoms. The molecule has 3 rings (SSSR count). The Morgan fingerprint density at radius 2 is 1.95 bits per heavy atom. The number of amidine groups is 1. The van der Waals surface area contributed by atoms with Crippen molar-refractivity contribution in [1.82, 2.24) is 9.80 Å². The first kappa shape index (κ1) is 13.7. The minimum absolute atomic E-state index is 0.0767. The molecule has 0 aromatic heterocycles. The standard InChI is InChI=1S/C14H24N4O2/c15-12(16-20)14(5-2-6-14)13(19)18-9-3-8-17-7-1-4-11(17)10-18/h11,20H,1-10H2,(H2,15,16). The summed E-state index contributed by atoms with van der Waals surface area (Å²) in [5.41, 5.74) is 5.09. The molecule has 0 bridgehead atoms. The van der Waals surface area contributed by atoms with Crippen molar-refractivity contribution in [1.29, 1.82) is 0 Å². The van der Waals surface area contributed by atoms with Crippen LogP contribution in [0.3, 0.4) is 0 Å². The Hall–Kier alpha value is -1.30. The largest absolute Gasteiger partial charge is 0.409 e. The summed E-state index contributed by atoms with van der Waals surface area (Å²) in [5, 5.41) is 12.1. The molecule has 1 amide bonds. The first-order valence-electron chi connectivity index (χ1n) is 7.69. The van der Waals surface area contributed by atoms with Gasteiger partial charge in [0.05, 0.1) is 0 Å². The highest BCUT2D eigenvalue weighted by atomic mass is 16.4. The second-order valence-electron chi connectivity index (χ2n) is 6.36. The molecule has 20 heavy (non-hydrogen) atoms. The third-order valence-electron chi connectivity index (χ3n) is 5.31. The normalized spacial score (nSPS) is 30.5. The predicted octanol–water partition coefficient (Wildman–Crippen LogP) is 0.600. The summed E-state index contributed by atoms with van der Waals surface area (Å²) in [6.45, 7) is 3.86. The highest BCUT2D eigenvalue weighted by Gasteiger charge is 2.50. The Morgan fingerprint density at radius 3 is 2.60 bits per heavy atom. The molecule has 6 nitrogen and oxygen atoms in total. The van der Waals surface area contributed by atoms with Gasteiger partial charge in [-0.15, -0.1) is 0 Å². The van der Waals surface area contributed by atoms with Gasteiger partial charge in [0, 0.05) is 25.7 Å². The van der Waals surface area contributed by atoms with Crippen molar-refractivity contribution in [3.05, 3.63) is 0 Å². The minimum Gasteiger partial charge on any atom is -0.409 e. The van der Waals surface area contributed by atoms with E-state index in [0.29, 0.717) is 18.9 Å². The van der Waals surface area contributed by atoms with Crippen molar-refractivity contribution in [2.75, 3.05) is 26.2 Å². The molecule has 0 aromatic rings. The van der Waals surface area contributed by atoms with Gasteiger partial charge in [-0.3, -0.25) is 9.69 Å². The number of nitrogens with two attached hydrogens (primary N) is 1. The van der Waals surface area contributed by atoms with Crippen molar-refractivity contribution < 1.29 is 10.0 Å². The molecule has 112 valence electrons. The van der Waals surface area contributed by atoms with Gasteiger partial charge in [-0.1, -0.05) is 11.6 Å². The topological polar surface area (TPSA) is 82.2 Å². The molecule has 3 aliphatic rings. The molecular weight excluding hydrogens is 256 g/mol. The summed E-state index contributed by atoms with van der Waals surface area (Å²) in [7, 11) is 0. The van der Waals surface area contributed by atoms with Crippen molar-refractivity contribution in [2.45, 2.75) is 44.6 Å². The first-order chi connectivity index (χ1) is 9.67. The average molecular weight is 280 g/mol. The number of rotatable bonds is 2. The van der Waals surface area contributed by atoms with E-state index in [1.54, 1.807) is 0 Å². The Kier molecular flexibility index (Phi) is 3.58. The van der Waals surface area contributed by atoms with Crippen LogP contribution in [-0.4, -0.2) is 59.0 Å². The van der Waals surface area contributed by atoms with Gasteiger partial charge in [-0.2, -0.15) is 0 Å². The minimum atomic E-state index is -0.720. The molecule has 2 heterocycles. The zero-order valence-electron chi connectivity index (χ0n) is 11.9. The molecule has 2 aliphatic heterocycles. The molecule has 3 fully saturated rings. The molecule has 1 unspecified atom stereocenters. The van der Waals surface area contributed by atoms with E-state index in [0.717, 1.165) is 39.0 Å². The van der Waals surface area contributed by atoms with E-state index in [-0.39, 0.29) is 11.7 Å². The second-order valence-corrected chi connectivity index (χ2v) is 6.36. The Morgan fingerprint density at radius 1 is 1.20 bits per heavy atom. The zero-order valence-corrected chi connectivity index (χ0v) is 11.9. The van der Waals surface area contributed by atoms with Crippen molar-refractivity contribution in [3.63, 3.8) is 0 Å². The molecule has 0 radical (unpaired) electrons. The Bertz CT molecular complexity index is 419. The lowest BCUT2D eigenvalue weighted by atomic mass is 9.66. The SMILES string of the molecule is NC(=NO)C1(C(=O)N2CCCN3CCCC3C2)CCC1. The van der Waals surface area contributed by atoms with Gasteiger partial charge in [0.2, 0.25) is 5.91 Å². The number of amides is 1. The number of carbonyl (C=O) groups is 1. The van der Waals surface area contributed by atoms with Crippen LogP contribution in [0.1, 0.15) is 38.5 Å². The molecule has 3 N–H and O–H groups in total. The molecule has 0 aromatic carbocycles. The number of carbonyl (C=O) groups excluding carboxylic acids is 1. The van der Waals surface area contributed by atoms with Crippen LogP contribution >= 0.6 is 0 Å². The van der Waals surface area contributed by atoms with Crippen molar-refractivity contribution >= 4 is 11.7 Å². The molecular formula is C14H24N4O2. The van der Waals surface area contributed by atoms with Gasteiger partial charge in [-0.25, -0.2) is 0 Å². The maximum Gasteiger partial charge on any atom is 0.236 e. The van der Waals surface area contributed by atoms with E-state index in [2.05, 4.69) is 10.1 Å². The molecule has 0 spiro atoms.